The van der Waals surface area contributed by atoms with Crippen molar-refractivity contribution in [2.45, 2.75) is 25.9 Å². The number of hydrogen-bond donors (Lipinski definition) is 1. The fourth-order valence-electron chi connectivity index (χ4n) is 2.19. The number of carbonyl (C=O) groups excluding carboxylic acids is 1. The van der Waals surface area contributed by atoms with Crippen LogP contribution < -0.4 is 10.1 Å². The van der Waals surface area contributed by atoms with Gasteiger partial charge in [0.2, 0.25) is 0 Å². The van der Waals surface area contributed by atoms with E-state index in [1.54, 1.807) is 0 Å². The molecule has 106 valence electrons. The van der Waals surface area contributed by atoms with Crippen molar-refractivity contribution in [2.75, 3.05) is 18.5 Å². The van der Waals surface area contributed by atoms with Crippen molar-refractivity contribution in [2.24, 2.45) is 0 Å². The normalized spacial score (nSPS) is 18.4. The Morgan fingerprint density at radius 1 is 1.60 bits per heavy atom. The van der Waals surface area contributed by atoms with E-state index < -0.39 is 0 Å². The third-order valence-electron chi connectivity index (χ3n) is 3.12. The Hall–Kier alpha value is -1.66. The minimum atomic E-state index is -0.332. The molecule has 3 rings (SSSR count). The van der Waals surface area contributed by atoms with Crippen LogP contribution in [0.3, 0.4) is 0 Å². The van der Waals surface area contributed by atoms with E-state index in [0.29, 0.717) is 18.3 Å². The van der Waals surface area contributed by atoms with Crippen molar-refractivity contribution in [3.05, 3.63) is 18.2 Å². The van der Waals surface area contributed by atoms with Crippen molar-refractivity contribution < 1.29 is 14.3 Å². The number of thiazole rings is 1. The lowest BCUT2D eigenvalue weighted by molar-refractivity contribution is -0.124. The topological polar surface area (TPSA) is 60.5 Å². The van der Waals surface area contributed by atoms with E-state index in [4.69, 9.17) is 9.47 Å². The molecule has 2 aromatic rings. The molecule has 1 aromatic heterocycles. The average Bonchev–Trinajstić information content (AvgIpc) is 3.06. The number of amides is 1. The zero-order valence-electron chi connectivity index (χ0n) is 11.2. The van der Waals surface area contributed by atoms with Crippen LogP contribution in [0.4, 0.5) is 5.13 Å². The van der Waals surface area contributed by atoms with E-state index in [9.17, 15) is 4.79 Å². The molecule has 1 aliphatic heterocycles. The third-order valence-corrected chi connectivity index (χ3v) is 4.06. The van der Waals surface area contributed by atoms with Crippen LogP contribution in [0.1, 0.15) is 19.8 Å². The van der Waals surface area contributed by atoms with Crippen molar-refractivity contribution in [1.29, 1.82) is 0 Å². The summed E-state index contributed by atoms with van der Waals surface area (Å²) in [6.07, 6.45) is 1.39. The predicted octanol–water partition coefficient (Wildman–Crippen LogP) is 2.81. The van der Waals surface area contributed by atoms with E-state index in [2.05, 4.69) is 10.3 Å². The Balaban J connectivity index is 1.76. The summed E-state index contributed by atoms with van der Waals surface area (Å²) in [5.74, 6) is 0.715. The maximum atomic E-state index is 12.0. The Labute approximate surface area is 120 Å². The fraction of sp³-hybridized carbons (Fsp3) is 0.429. The predicted molar refractivity (Wildman–Crippen MR) is 78.4 cm³/mol. The molecular formula is C14H16N2O3S. The molecule has 5 nitrogen and oxygen atoms in total. The van der Waals surface area contributed by atoms with Crippen molar-refractivity contribution >= 4 is 32.6 Å². The summed E-state index contributed by atoms with van der Waals surface area (Å²) in [5, 5.41) is 3.43. The van der Waals surface area contributed by atoms with Gasteiger partial charge in [0.05, 0.1) is 16.8 Å². The number of hydrogen-bond acceptors (Lipinski definition) is 5. The van der Waals surface area contributed by atoms with Crippen molar-refractivity contribution in [3.63, 3.8) is 0 Å². The molecule has 1 atom stereocenters. The van der Waals surface area contributed by atoms with Crippen LogP contribution in [0.2, 0.25) is 0 Å². The minimum absolute atomic E-state index is 0.105. The highest BCUT2D eigenvalue weighted by Crippen LogP contribution is 2.29. The van der Waals surface area contributed by atoms with E-state index in [0.717, 1.165) is 28.8 Å². The van der Waals surface area contributed by atoms with Crippen molar-refractivity contribution in [3.8, 4) is 5.75 Å². The van der Waals surface area contributed by atoms with Crippen LogP contribution >= 0.6 is 11.3 Å². The maximum absolute atomic E-state index is 12.0. The first-order chi connectivity index (χ1) is 9.76. The van der Waals surface area contributed by atoms with Gasteiger partial charge in [0.1, 0.15) is 11.9 Å². The summed E-state index contributed by atoms with van der Waals surface area (Å²) >= 11 is 1.45. The standard InChI is InChI=1S/C14H16N2O3S/c1-2-18-9-5-6-10-12(8-9)20-14(15-10)16-13(17)11-4-3-7-19-11/h5-6,8,11H,2-4,7H2,1H3,(H,15,16,17)/t11-/m1/s1. The Bertz CT molecular complexity index is 620. The second-order valence-electron chi connectivity index (χ2n) is 4.57. The highest BCUT2D eigenvalue weighted by atomic mass is 32.1. The summed E-state index contributed by atoms with van der Waals surface area (Å²) in [5.41, 5.74) is 0.862. The Kier molecular flexibility index (Phi) is 3.84. The highest BCUT2D eigenvalue weighted by molar-refractivity contribution is 7.22. The van der Waals surface area contributed by atoms with Crippen LogP contribution in [-0.4, -0.2) is 30.2 Å². The number of nitrogens with one attached hydrogen (secondary N) is 1. The van der Waals surface area contributed by atoms with Gasteiger partial charge in [-0.3, -0.25) is 10.1 Å². The molecule has 1 saturated heterocycles. The smallest absolute Gasteiger partial charge is 0.255 e. The molecule has 1 N–H and O–H groups in total. The number of fused-ring (bicyclic) bond motifs is 1. The number of carbonyl (C=O) groups is 1. The number of aromatic nitrogens is 1. The average molecular weight is 292 g/mol. The summed E-state index contributed by atoms with van der Waals surface area (Å²) in [4.78, 5) is 16.4. The first-order valence-corrected chi connectivity index (χ1v) is 7.54. The monoisotopic (exact) mass is 292 g/mol. The zero-order chi connectivity index (χ0) is 13.9. The number of rotatable bonds is 4. The molecule has 1 amide bonds. The lowest BCUT2D eigenvalue weighted by Crippen LogP contribution is -2.26. The molecule has 20 heavy (non-hydrogen) atoms. The number of ether oxygens (including phenoxy) is 2. The third kappa shape index (κ3) is 2.76. The zero-order valence-corrected chi connectivity index (χ0v) is 12.0. The Morgan fingerprint density at radius 3 is 3.25 bits per heavy atom. The molecule has 1 aliphatic rings. The fourth-order valence-corrected chi connectivity index (χ4v) is 3.08. The first-order valence-electron chi connectivity index (χ1n) is 6.72. The largest absolute Gasteiger partial charge is 0.494 e. The quantitative estimate of drug-likeness (QED) is 0.941. The number of nitrogens with zero attached hydrogens (tertiary/aromatic N) is 1. The first kappa shape index (κ1) is 13.3. The SMILES string of the molecule is CCOc1ccc2nc(NC(=O)[C@H]3CCCO3)sc2c1. The summed E-state index contributed by atoms with van der Waals surface area (Å²) in [7, 11) is 0. The van der Waals surface area contributed by atoms with Gasteiger partial charge in [-0.1, -0.05) is 11.3 Å². The lowest BCUT2D eigenvalue weighted by Gasteiger charge is -2.07. The second-order valence-corrected chi connectivity index (χ2v) is 5.60. The molecular weight excluding hydrogens is 276 g/mol. The van der Waals surface area contributed by atoms with Crippen LogP contribution in [-0.2, 0) is 9.53 Å². The Morgan fingerprint density at radius 2 is 2.50 bits per heavy atom. The van der Waals surface area contributed by atoms with Gasteiger partial charge < -0.3 is 9.47 Å². The van der Waals surface area contributed by atoms with Gasteiger partial charge in [-0.25, -0.2) is 4.98 Å². The van der Waals surface area contributed by atoms with Crippen LogP contribution in [0, 0.1) is 0 Å². The minimum Gasteiger partial charge on any atom is -0.494 e. The highest BCUT2D eigenvalue weighted by Gasteiger charge is 2.24. The van der Waals surface area contributed by atoms with Gasteiger partial charge in [-0.2, -0.15) is 0 Å². The number of anilines is 1. The van der Waals surface area contributed by atoms with Gasteiger partial charge in [0.25, 0.3) is 5.91 Å². The molecule has 1 fully saturated rings. The van der Waals surface area contributed by atoms with Crippen molar-refractivity contribution in [1.82, 2.24) is 4.98 Å². The van der Waals surface area contributed by atoms with Gasteiger partial charge in [-0.15, -0.1) is 0 Å². The van der Waals surface area contributed by atoms with Crippen LogP contribution in [0.15, 0.2) is 18.2 Å². The summed E-state index contributed by atoms with van der Waals surface area (Å²) in [6, 6.07) is 5.73. The lowest BCUT2D eigenvalue weighted by atomic mass is 10.2. The molecule has 1 aromatic carbocycles. The van der Waals surface area contributed by atoms with Crippen LogP contribution in [0.25, 0.3) is 10.2 Å². The molecule has 0 unspecified atom stereocenters. The second kappa shape index (κ2) is 5.76. The molecule has 0 radical (unpaired) electrons. The van der Waals surface area contributed by atoms with E-state index in [1.807, 2.05) is 25.1 Å². The van der Waals surface area contributed by atoms with E-state index in [1.165, 1.54) is 11.3 Å². The molecule has 6 heteroatoms. The molecule has 0 bridgehead atoms. The van der Waals surface area contributed by atoms with Gasteiger partial charge >= 0.3 is 0 Å². The molecule has 0 spiro atoms. The summed E-state index contributed by atoms with van der Waals surface area (Å²) in [6.45, 7) is 3.24. The van der Waals surface area contributed by atoms with Crippen LogP contribution in [0.5, 0.6) is 5.75 Å². The molecule has 2 heterocycles. The van der Waals surface area contributed by atoms with Gasteiger partial charge in [0.15, 0.2) is 5.13 Å². The van der Waals surface area contributed by atoms with Gasteiger partial charge in [0, 0.05) is 6.61 Å². The van der Waals surface area contributed by atoms with Gasteiger partial charge in [-0.05, 0) is 38.0 Å². The number of benzene rings is 1. The maximum Gasteiger partial charge on any atom is 0.255 e. The summed E-state index contributed by atoms with van der Waals surface area (Å²) < 4.78 is 11.8. The molecule has 0 saturated carbocycles. The van der Waals surface area contributed by atoms with E-state index in [-0.39, 0.29) is 12.0 Å². The van der Waals surface area contributed by atoms with E-state index >= 15 is 0 Å². The molecule has 0 aliphatic carbocycles.